The maximum atomic E-state index is 13.3. The van der Waals surface area contributed by atoms with Gasteiger partial charge in [0, 0.05) is 33.7 Å². The number of carbonyl (C=O) groups excluding carboxylic acids is 1. The average Bonchev–Trinajstić information content (AvgIpc) is 3.21. The minimum atomic E-state index is -0.257. The fourth-order valence-electron chi connectivity index (χ4n) is 4.03. The standard InChI is InChI=1S/C26H23N3O/c1-16-9-11-22(12-10-16)29-17(2)13-20(19(29)4)14-21(15-27)26(30)25-18(3)28-24-8-6-5-7-23(24)25/h5-14,28H,1-4H3/b21-14+. The van der Waals surface area contributed by atoms with E-state index in [-0.39, 0.29) is 11.4 Å². The van der Waals surface area contributed by atoms with Gasteiger partial charge in [-0.15, -0.1) is 0 Å². The molecular weight excluding hydrogens is 370 g/mol. The molecule has 0 aliphatic carbocycles. The average molecular weight is 393 g/mol. The molecule has 0 spiro atoms. The summed E-state index contributed by atoms with van der Waals surface area (Å²) in [5, 5.41) is 10.6. The van der Waals surface area contributed by atoms with Crippen molar-refractivity contribution in [2.45, 2.75) is 27.7 Å². The van der Waals surface area contributed by atoms with Crippen molar-refractivity contribution in [2.75, 3.05) is 0 Å². The molecule has 2 aromatic carbocycles. The number of carbonyl (C=O) groups is 1. The molecule has 2 heterocycles. The van der Waals surface area contributed by atoms with Gasteiger partial charge in [0.1, 0.15) is 11.6 Å². The van der Waals surface area contributed by atoms with Crippen molar-refractivity contribution in [1.29, 1.82) is 5.26 Å². The van der Waals surface area contributed by atoms with E-state index in [9.17, 15) is 10.1 Å². The van der Waals surface area contributed by atoms with Crippen LogP contribution in [0.25, 0.3) is 22.7 Å². The first-order chi connectivity index (χ1) is 14.4. The Labute approximate surface area is 176 Å². The smallest absolute Gasteiger partial charge is 0.205 e. The van der Waals surface area contributed by atoms with E-state index in [2.05, 4.69) is 46.8 Å². The molecule has 0 radical (unpaired) electrons. The number of nitriles is 1. The van der Waals surface area contributed by atoms with E-state index in [0.29, 0.717) is 5.56 Å². The number of aromatic nitrogens is 2. The van der Waals surface area contributed by atoms with Crippen LogP contribution in [0.3, 0.4) is 0 Å². The molecule has 0 atom stereocenters. The number of nitrogens with zero attached hydrogens (tertiary/aromatic N) is 2. The third kappa shape index (κ3) is 3.25. The van der Waals surface area contributed by atoms with Gasteiger partial charge >= 0.3 is 0 Å². The van der Waals surface area contributed by atoms with Crippen LogP contribution in [0.1, 0.15) is 38.6 Å². The van der Waals surface area contributed by atoms with Gasteiger partial charge in [-0.3, -0.25) is 4.79 Å². The minimum absolute atomic E-state index is 0.131. The van der Waals surface area contributed by atoms with Crippen LogP contribution >= 0.6 is 0 Å². The highest BCUT2D eigenvalue weighted by Crippen LogP contribution is 2.27. The molecular formula is C26H23N3O. The first-order valence-corrected chi connectivity index (χ1v) is 9.90. The molecule has 0 bridgehead atoms. The molecule has 4 nitrogen and oxygen atoms in total. The Kier molecular flexibility index (Phi) is 4.89. The topological polar surface area (TPSA) is 61.6 Å². The maximum Gasteiger partial charge on any atom is 0.205 e. The maximum absolute atomic E-state index is 13.3. The number of para-hydroxylation sites is 1. The zero-order valence-corrected chi connectivity index (χ0v) is 17.6. The van der Waals surface area contributed by atoms with Crippen LogP contribution in [0.15, 0.2) is 60.2 Å². The van der Waals surface area contributed by atoms with Crippen LogP contribution in [0.2, 0.25) is 0 Å². The third-order valence-corrected chi connectivity index (χ3v) is 5.55. The fourth-order valence-corrected chi connectivity index (χ4v) is 4.03. The van der Waals surface area contributed by atoms with Gasteiger partial charge in [0.15, 0.2) is 0 Å². The number of H-pyrrole nitrogens is 1. The number of nitrogens with one attached hydrogen (secondary N) is 1. The molecule has 2 aromatic heterocycles. The summed E-state index contributed by atoms with van der Waals surface area (Å²) < 4.78 is 2.14. The van der Waals surface area contributed by atoms with Crippen LogP contribution in [0, 0.1) is 39.0 Å². The summed E-state index contributed by atoms with van der Waals surface area (Å²) in [4.78, 5) is 16.5. The van der Waals surface area contributed by atoms with Crippen molar-refractivity contribution in [3.05, 3.63) is 93.9 Å². The molecule has 4 rings (SSSR count). The van der Waals surface area contributed by atoms with Gasteiger partial charge in [0.2, 0.25) is 5.78 Å². The summed E-state index contributed by atoms with van der Waals surface area (Å²) >= 11 is 0. The van der Waals surface area contributed by atoms with Crippen LogP contribution in [-0.2, 0) is 0 Å². The summed E-state index contributed by atoms with van der Waals surface area (Å²) in [6, 6.07) is 20.1. The zero-order chi connectivity index (χ0) is 21.4. The molecule has 0 aliphatic heterocycles. The van der Waals surface area contributed by atoms with Gasteiger partial charge in [0.25, 0.3) is 0 Å². The quantitative estimate of drug-likeness (QED) is 0.263. The van der Waals surface area contributed by atoms with E-state index >= 15 is 0 Å². The second-order valence-corrected chi connectivity index (χ2v) is 7.67. The molecule has 0 saturated heterocycles. The Morgan fingerprint density at radius 1 is 1.03 bits per heavy atom. The number of hydrogen-bond acceptors (Lipinski definition) is 2. The number of allylic oxidation sites excluding steroid dienone is 1. The summed E-state index contributed by atoms with van der Waals surface area (Å²) in [5.74, 6) is -0.257. The van der Waals surface area contributed by atoms with Gasteiger partial charge in [-0.1, -0.05) is 35.9 Å². The fraction of sp³-hybridized carbons (Fsp3) is 0.154. The van der Waals surface area contributed by atoms with Crippen LogP contribution in [0.5, 0.6) is 0 Å². The molecule has 0 amide bonds. The predicted molar refractivity (Wildman–Crippen MR) is 121 cm³/mol. The van der Waals surface area contributed by atoms with Crippen molar-refractivity contribution >= 4 is 22.8 Å². The minimum Gasteiger partial charge on any atom is -0.358 e. The zero-order valence-electron chi connectivity index (χ0n) is 17.6. The second kappa shape index (κ2) is 7.53. The molecule has 0 aliphatic rings. The molecule has 0 fully saturated rings. The van der Waals surface area contributed by atoms with Gasteiger partial charge in [-0.2, -0.15) is 5.26 Å². The summed E-state index contributed by atoms with van der Waals surface area (Å²) in [7, 11) is 0. The first kappa shape index (κ1) is 19.5. The number of Topliss-reactive ketones (excluding diaryl/α,β-unsaturated/α-hetero) is 1. The molecule has 0 saturated carbocycles. The van der Waals surface area contributed by atoms with Crippen molar-refractivity contribution in [3.63, 3.8) is 0 Å². The van der Waals surface area contributed by atoms with E-state index in [1.165, 1.54) is 5.56 Å². The van der Waals surface area contributed by atoms with Crippen molar-refractivity contribution in [1.82, 2.24) is 9.55 Å². The number of hydrogen-bond donors (Lipinski definition) is 1. The van der Waals surface area contributed by atoms with Gasteiger partial charge in [-0.05, 0) is 63.6 Å². The number of benzene rings is 2. The van der Waals surface area contributed by atoms with E-state index in [1.807, 2.05) is 51.1 Å². The first-order valence-electron chi connectivity index (χ1n) is 9.90. The lowest BCUT2D eigenvalue weighted by Gasteiger charge is -2.10. The SMILES string of the molecule is Cc1ccc(-n2c(C)cc(/C=C(\C#N)C(=O)c3c(C)[nH]c4ccccc34)c2C)cc1. The lowest BCUT2D eigenvalue weighted by Crippen LogP contribution is -2.03. The van der Waals surface area contributed by atoms with E-state index in [1.54, 1.807) is 6.08 Å². The van der Waals surface area contributed by atoms with E-state index < -0.39 is 0 Å². The van der Waals surface area contributed by atoms with E-state index in [0.717, 1.165) is 39.2 Å². The predicted octanol–water partition coefficient (Wildman–Crippen LogP) is 5.98. The monoisotopic (exact) mass is 393 g/mol. The van der Waals surface area contributed by atoms with Crippen LogP contribution in [-0.4, -0.2) is 15.3 Å². The highest BCUT2D eigenvalue weighted by molar-refractivity contribution is 6.20. The molecule has 30 heavy (non-hydrogen) atoms. The van der Waals surface area contributed by atoms with Crippen molar-refractivity contribution in [2.24, 2.45) is 0 Å². The number of aryl methyl sites for hydroxylation is 3. The molecule has 0 unspecified atom stereocenters. The van der Waals surface area contributed by atoms with Gasteiger partial charge < -0.3 is 9.55 Å². The van der Waals surface area contributed by atoms with Gasteiger partial charge in [-0.25, -0.2) is 0 Å². The Morgan fingerprint density at radius 2 is 1.73 bits per heavy atom. The third-order valence-electron chi connectivity index (χ3n) is 5.55. The highest BCUT2D eigenvalue weighted by atomic mass is 16.1. The molecule has 4 aromatic rings. The molecule has 4 heteroatoms. The summed E-state index contributed by atoms with van der Waals surface area (Å²) in [6.45, 7) is 7.97. The molecule has 148 valence electrons. The van der Waals surface area contributed by atoms with E-state index in [4.69, 9.17) is 0 Å². The van der Waals surface area contributed by atoms with Crippen molar-refractivity contribution < 1.29 is 4.79 Å². The second-order valence-electron chi connectivity index (χ2n) is 7.67. The number of ketones is 1. The lowest BCUT2D eigenvalue weighted by atomic mass is 9.99. The number of rotatable bonds is 4. The summed E-state index contributed by atoms with van der Waals surface area (Å²) in [6.07, 6.45) is 1.70. The van der Waals surface area contributed by atoms with Crippen LogP contribution in [0.4, 0.5) is 0 Å². The Hall–Kier alpha value is -3.84. The van der Waals surface area contributed by atoms with Crippen molar-refractivity contribution in [3.8, 4) is 11.8 Å². The van der Waals surface area contributed by atoms with Gasteiger partial charge in [0.05, 0.1) is 5.56 Å². The largest absolute Gasteiger partial charge is 0.358 e. The lowest BCUT2D eigenvalue weighted by molar-refractivity contribution is 0.104. The Morgan fingerprint density at radius 3 is 2.43 bits per heavy atom. The highest BCUT2D eigenvalue weighted by Gasteiger charge is 2.20. The Balaban J connectivity index is 1.79. The number of fused-ring (bicyclic) bond motifs is 1. The van der Waals surface area contributed by atoms with Crippen LogP contribution < -0.4 is 0 Å². The normalized spacial score (nSPS) is 11.6. The summed E-state index contributed by atoms with van der Waals surface area (Å²) in [5.41, 5.74) is 7.54. The Bertz CT molecular complexity index is 1340. The molecule has 1 N–H and O–H groups in total. The number of aromatic amines is 1.